The summed E-state index contributed by atoms with van der Waals surface area (Å²) in [5.74, 6) is -0.769. The third kappa shape index (κ3) is 6.33. The molecule has 0 radical (unpaired) electrons. The number of halogens is 3. The molecular weight excluding hydrogens is 453 g/mol. The van der Waals surface area contributed by atoms with Crippen molar-refractivity contribution in [3.63, 3.8) is 0 Å². The third-order valence-electron chi connectivity index (χ3n) is 4.96. The van der Waals surface area contributed by atoms with E-state index in [1.807, 2.05) is 6.92 Å². The summed E-state index contributed by atoms with van der Waals surface area (Å²) in [5.41, 5.74) is 8.57. The normalized spacial score (nSPS) is 14.2. The van der Waals surface area contributed by atoms with Crippen molar-refractivity contribution >= 4 is 22.6 Å². The summed E-state index contributed by atoms with van der Waals surface area (Å²) in [6, 6.07) is 0.872. The average molecular weight is 478 g/mol. The number of allylic oxidation sites excluding steroid dienone is 1. The van der Waals surface area contributed by atoms with Gasteiger partial charge in [-0.05, 0) is 29.7 Å². The van der Waals surface area contributed by atoms with Crippen LogP contribution in [0.2, 0.25) is 0 Å². The molecular formula is C23H25F3N4O4. The second-order valence-corrected chi connectivity index (χ2v) is 7.56. The van der Waals surface area contributed by atoms with Gasteiger partial charge in [0.2, 0.25) is 0 Å². The second kappa shape index (κ2) is 10.7. The number of carbonyl (C=O) groups excluding carboxylic acids is 1. The molecule has 8 nitrogen and oxygen atoms in total. The summed E-state index contributed by atoms with van der Waals surface area (Å²) in [7, 11) is 0. The molecule has 0 aliphatic carbocycles. The third-order valence-corrected chi connectivity index (χ3v) is 4.96. The van der Waals surface area contributed by atoms with Crippen LogP contribution in [0.25, 0.3) is 10.9 Å². The molecule has 2 aromatic rings. The average Bonchev–Trinajstić information content (AvgIpc) is 3.26. The number of nitrogen functional groups attached to an aromatic ring is 1. The van der Waals surface area contributed by atoms with E-state index in [-0.39, 0.29) is 12.3 Å². The van der Waals surface area contributed by atoms with Gasteiger partial charge in [0.15, 0.2) is 0 Å². The highest BCUT2D eigenvalue weighted by Crippen LogP contribution is 2.31. The topological polar surface area (TPSA) is 109 Å². The molecule has 1 amide bonds. The van der Waals surface area contributed by atoms with Crippen molar-refractivity contribution in [1.29, 1.82) is 0 Å². The van der Waals surface area contributed by atoms with E-state index in [2.05, 4.69) is 33.2 Å². The summed E-state index contributed by atoms with van der Waals surface area (Å²) in [4.78, 5) is 21.5. The van der Waals surface area contributed by atoms with E-state index in [4.69, 9.17) is 15.2 Å². The number of nitrogens with one attached hydrogen (secondary N) is 1. The molecule has 11 heteroatoms. The molecule has 182 valence electrons. The Morgan fingerprint density at radius 1 is 1.32 bits per heavy atom. The Balaban J connectivity index is 1.78. The van der Waals surface area contributed by atoms with Gasteiger partial charge in [0.1, 0.15) is 17.3 Å². The van der Waals surface area contributed by atoms with Crippen molar-refractivity contribution in [1.82, 2.24) is 15.3 Å². The van der Waals surface area contributed by atoms with Crippen LogP contribution < -0.4 is 11.1 Å². The van der Waals surface area contributed by atoms with E-state index in [9.17, 15) is 18.0 Å². The summed E-state index contributed by atoms with van der Waals surface area (Å²) < 4.78 is 51.7. The van der Waals surface area contributed by atoms with E-state index >= 15 is 0 Å². The van der Waals surface area contributed by atoms with Crippen LogP contribution in [0.3, 0.4) is 0 Å². The predicted molar refractivity (Wildman–Crippen MR) is 119 cm³/mol. The van der Waals surface area contributed by atoms with Crippen molar-refractivity contribution in [2.24, 2.45) is 0 Å². The number of amides is 1. The van der Waals surface area contributed by atoms with Gasteiger partial charge in [0.25, 0.3) is 5.91 Å². The van der Waals surface area contributed by atoms with Crippen molar-refractivity contribution in [2.75, 3.05) is 18.9 Å². The molecule has 0 fully saturated rings. The summed E-state index contributed by atoms with van der Waals surface area (Å²) in [6.45, 7) is 10.1. The number of pyridine rings is 2. The predicted octanol–water partition coefficient (Wildman–Crippen LogP) is 3.93. The van der Waals surface area contributed by atoms with E-state index in [0.29, 0.717) is 42.1 Å². The number of hydrogen-bond donors (Lipinski definition) is 2. The van der Waals surface area contributed by atoms with E-state index in [0.717, 1.165) is 23.6 Å². The Morgan fingerprint density at radius 3 is 2.76 bits per heavy atom. The molecule has 0 saturated heterocycles. The molecule has 0 unspecified atom stereocenters. The van der Waals surface area contributed by atoms with E-state index in [1.54, 1.807) is 6.07 Å². The molecule has 3 N–H and O–H groups in total. The lowest BCUT2D eigenvalue weighted by molar-refractivity contribution is -0.303. The number of carbonyl (C=O) groups is 1. The fourth-order valence-electron chi connectivity index (χ4n) is 3.32. The zero-order chi connectivity index (χ0) is 24.9. The van der Waals surface area contributed by atoms with Crippen LogP contribution >= 0.6 is 0 Å². The highest BCUT2D eigenvalue weighted by Gasteiger charge is 2.31. The first-order chi connectivity index (χ1) is 16.1. The highest BCUT2D eigenvalue weighted by atomic mass is 19.4. The second-order valence-electron chi connectivity index (χ2n) is 7.56. The van der Waals surface area contributed by atoms with Crippen LogP contribution in [0.5, 0.6) is 0 Å². The summed E-state index contributed by atoms with van der Waals surface area (Å²) in [6.07, 6.45) is -0.363. The monoisotopic (exact) mass is 478 g/mol. The smallest absolute Gasteiger partial charge is 0.406 e. The fraction of sp³-hybridized carbons (Fsp3) is 0.348. The number of hydrogen-bond acceptors (Lipinski definition) is 7. The van der Waals surface area contributed by atoms with Crippen molar-refractivity contribution in [3.8, 4) is 0 Å². The molecule has 34 heavy (non-hydrogen) atoms. The molecule has 1 aliphatic rings. The number of nitrogens with two attached hydrogens (primary N) is 1. The zero-order valence-corrected chi connectivity index (χ0v) is 18.6. The number of aromatic nitrogens is 2. The zero-order valence-electron chi connectivity index (χ0n) is 18.6. The number of alkyl halides is 3. The molecule has 3 rings (SSSR count). The number of ether oxygens (including phenoxy) is 3. The van der Waals surface area contributed by atoms with Crippen molar-refractivity contribution in [2.45, 2.75) is 39.0 Å². The van der Waals surface area contributed by atoms with Gasteiger partial charge in [0, 0.05) is 17.6 Å². The van der Waals surface area contributed by atoms with Crippen molar-refractivity contribution in [3.05, 3.63) is 65.7 Å². The highest BCUT2D eigenvalue weighted by molar-refractivity contribution is 5.97. The standard InChI is InChI=1S/C23H25F3N4O4/c1-4-7-32-12-20(13(2)5-6-14(3)34-23(24,25)26)30-22(31)18-8-15-16-10-33-11-17(16)21(27)29-19(15)9-28-18/h5-6,8-9,20H,2-4,7,10-12H2,1H3,(H2,27,29)(H,30,31)/b6-5-/t20-/m1/s1. The number of fused-ring (bicyclic) bond motifs is 3. The Kier molecular flexibility index (Phi) is 7.90. The van der Waals surface area contributed by atoms with Gasteiger partial charge in [-0.15, -0.1) is 13.2 Å². The summed E-state index contributed by atoms with van der Waals surface area (Å²) >= 11 is 0. The van der Waals surface area contributed by atoms with Gasteiger partial charge in [-0.25, -0.2) is 9.97 Å². The minimum absolute atomic E-state index is 0.0598. The van der Waals surface area contributed by atoms with Crippen LogP contribution in [0.1, 0.15) is 35.0 Å². The van der Waals surface area contributed by atoms with Gasteiger partial charge in [-0.3, -0.25) is 4.79 Å². The maximum Gasteiger partial charge on any atom is 0.573 e. The first-order valence-corrected chi connectivity index (χ1v) is 10.4. The Labute approximate surface area is 194 Å². The molecule has 1 aliphatic heterocycles. The van der Waals surface area contributed by atoms with E-state index in [1.165, 1.54) is 12.3 Å². The molecule has 3 heterocycles. The van der Waals surface area contributed by atoms with Gasteiger partial charge in [0.05, 0.1) is 37.6 Å². The first-order valence-electron chi connectivity index (χ1n) is 10.4. The minimum Gasteiger partial charge on any atom is -0.406 e. The summed E-state index contributed by atoms with van der Waals surface area (Å²) in [5, 5.41) is 3.47. The van der Waals surface area contributed by atoms with Crippen LogP contribution in [0, 0.1) is 0 Å². The van der Waals surface area contributed by atoms with Crippen LogP contribution in [-0.2, 0) is 27.4 Å². The molecule has 0 bridgehead atoms. The Hall–Kier alpha value is -3.44. The molecule has 0 aromatic carbocycles. The maximum absolute atomic E-state index is 13.0. The van der Waals surface area contributed by atoms with Crippen LogP contribution in [-0.4, -0.2) is 41.5 Å². The molecule has 1 atom stereocenters. The van der Waals surface area contributed by atoms with Gasteiger partial charge in [-0.1, -0.05) is 26.2 Å². The first kappa shape index (κ1) is 25.2. The fourth-order valence-corrected chi connectivity index (χ4v) is 3.32. The quantitative estimate of drug-likeness (QED) is 0.303. The Bertz CT molecular complexity index is 1130. The molecule has 2 aromatic heterocycles. The molecule has 0 saturated carbocycles. The SMILES string of the molecule is C=C(/C=C\C(=C)[C@@H](COCCC)NC(=O)c1cc2c3c(c(N)nc2cn1)COC3)OC(F)(F)F. The number of nitrogens with zero attached hydrogens (tertiary/aromatic N) is 2. The van der Waals surface area contributed by atoms with Gasteiger partial charge in [-0.2, -0.15) is 0 Å². The van der Waals surface area contributed by atoms with E-state index < -0.39 is 24.1 Å². The minimum atomic E-state index is -4.85. The maximum atomic E-state index is 13.0. The molecule has 0 spiro atoms. The van der Waals surface area contributed by atoms with Crippen LogP contribution in [0.15, 0.2) is 48.9 Å². The number of anilines is 1. The van der Waals surface area contributed by atoms with Gasteiger partial charge < -0.3 is 25.3 Å². The van der Waals surface area contributed by atoms with Gasteiger partial charge >= 0.3 is 6.36 Å². The number of rotatable bonds is 10. The largest absolute Gasteiger partial charge is 0.573 e. The van der Waals surface area contributed by atoms with Crippen molar-refractivity contribution < 1.29 is 32.2 Å². The van der Waals surface area contributed by atoms with Crippen LogP contribution in [0.4, 0.5) is 19.0 Å². The Morgan fingerprint density at radius 2 is 2.06 bits per heavy atom. The lowest BCUT2D eigenvalue weighted by Crippen LogP contribution is -2.39. The lowest BCUT2D eigenvalue weighted by atomic mass is 10.0. The lowest BCUT2D eigenvalue weighted by Gasteiger charge is -2.19.